The standard InChI is InChI=1S/C12H8N4O4S/c13-7-9-3-1-2-4-11(9)15-21(19,20)10-5-6-12(14-8-10)16(17)18/h1-6,8,15H. The highest BCUT2D eigenvalue weighted by Crippen LogP contribution is 2.19. The Morgan fingerprint density at radius 1 is 1.24 bits per heavy atom. The molecule has 0 radical (unpaired) electrons. The first-order valence-electron chi connectivity index (χ1n) is 5.56. The minimum absolute atomic E-state index is 0.123. The van der Waals surface area contributed by atoms with Gasteiger partial charge in [0.2, 0.25) is 0 Å². The van der Waals surface area contributed by atoms with Crippen LogP contribution in [0.1, 0.15) is 5.56 Å². The van der Waals surface area contributed by atoms with Crippen LogP contribution in [0.5, 0.6) is 0 Å². The van der Waals surface area contributed by atoms with Crippen molar-refractivity contribution in [1.82, 2.24) is 4.98 Å². The van der Waals surface area contributed by atoms with Crippen LogP contribution < -0.4 is 4.72 Å². The molecule has 0 amide bonds. The fourth-order valence-corrected chi connectivity index (χ4v) is 2.54. The van der Waals surface area contributed by atoms with Gasteiger partial charge in [0.1, 0.15) is 11.0 Å². The van der Waals surface area contributed by atoms with Crippen molar-refractivity contribution in [2.45, 2.75) is 4.90 Å². The first kappa shape index (κ1) is 14.4. The van der Waals surface area contributed by atoms with E-state index in [1.807, 2.05) is 6.07 Å². The predicted octanol–water partition coefficient (Wildman–Crippen LogP) is 1.66. The number of nitrogens with one attached hydrogen (secondary N) is 1. The van der Waals surface area contributed by atoms with E-state index in [4.69, 9.17) is 5.26 Å². The number of anilines is 1. The van der Waals surface area contributed by atoms with Crippen molar-refractivity contribution in [3.05, 3.63) is 58.3 Å². The van der Waals surface area contributed by atoms with Crippen molar-refractivity contribution in [1.29, 1.82) is 5.26 Å². The quantitative estimate of drug-likeness (QED) is 0.676. The second-order valence-electron chi connectivity index (χ2n) is 3.87. The summed E-state index contributed by atoms with van der Waals surface area (Å²) >= 11 is 0. The van der Waals surface area contributed by atoms with E-state index in [2.05, 4.69) is 9.71 Å². The number of para-hydroxylation sites is 1. The highest BCUT2D eigenvalue weighted by Gasteiger charge is 2.19. The normalized spacial score (nSPS) is 10.6. The van der Waals surface area contributed by atoms with Gasteiger partial charge in [-0.3, -0.25) is 4.72 Å². The molecule has 0 atom stereocenters. The van der Waals surface area contributed by atoms with E-state index in [0.717, 1.165) is 18.3 Å². The molecular weight excluding hydrogens is 296 g/mol. The van der Waals surface area contributed by atoms with Gasteiger partial charge in [0.05, 0.1) is 11.3 Å². The van der Waals surface area contributed by atoms with Crippen molar-refractivity contribution in [2.24, 2.45) is 0 Å². The van der Waals surface area contributed by atoms with Crippen LogP contribution in [0.2, 0.25) is 0 Å². The number of rotatable bonds is 4. The lowest BCUT2D eigenvalue weighted by Gasteiger charge is -2.08. The van der Waals surface area contributed by atoms with E-state index in [9.17, 15) is 18.5 Å². The summed E-state index contributed by atoms with van der Waals surface area (Å²) in [5.41, 5.74) is 0.286. The summed E-state index contributed by atoms with van der Waals surface area (Å²) in [5, 5.41) is 19.4. The Bertz CT molecular complexity index is 825. The lowest BCUT2D eigenvalue weighted by molar-refractivity contribution is -0.389. The summed E-state index contributed by atoms with van der Waals surface area (Å²) in [4.78, 5) is 13.0. The fraction of sp³-hybridized carbons (Fsp3) is 0. The molecule has 8 nitrogen and oxygen atoms in total. The molecule has 0 spiro atoms. The van der Waals surface area contributed by atoms with Crippen LogP contribution in [0.3, 0.4) is 0 Å². The molecule has 21 heavy (non-hydrogen) atoms. The van der Waals surface area contributed by atoms with Gasteiger partial charge in [-0.25, -0.2) is 8.42 Å². The van der Waals surface area contributed by atoms with Gasteiger partial charge in [-0.2, -0.15) is 5.26 Å². The number of aromatic nitrogens is 1. The van der Waals surface area contributed by atoms with Crippen LogP contribution in [-0.2, 0) is 10.0 Å². The molecule has 0 unspecified atom stereocenters. The maximum atomic E-state index is 12.1. The largest absolute Gasteiger partial charge is 0.363 e. The van der Waals surface area contributed by atoms with E-state index in [1.54, 1.807) is 12.1 Å². The molecule has 0 fully saturated rings. The summed E-state index contributed by atoms with van der Waals surface area (Å²) in [5.74, 6) is -0.452. The zero-order valence-electron chi connectivity index (χ0n) is 10.4. The molecule has 2 rings (SSSR count). The van der Waals surface area contributed by atoms with Crippen molar-refractivity contribution >= 4 is 21.5 Å². The Balaban J connectivity index is 2.34. The molecule has 9 heteroatoms. The molecule has 106 valence electrons. The summed E-state index contributed by atoms with van der Waals surface area (Å²) in [6.45, 7) is 0. The Morgan fingerprint density at radius 3 is 2.52 bits per heavy atom. The van der Waals surface area contributed by atoms with E-state index in [1.165, 1.54) is 12.1 Å². The lowest BCUT2D eigenvalue weighted by Crippen LogP contribution is -2.14. The molecular formula is C12H8N4O4S. The molecule has 1 heterocycles. The van der Waals surface area contributed by atoms with Crippen LogP contribution in [0, 0.1) is 21.4 Å². The van der Waals surface area contributed by atoms with Gasteiger partial charge in [-0.15, -0.1) is 0 Å². The van der Waals surface area contributed by atoms with Gasteiger partial charge in [-0.05, 0) is 28.1 Å². The average Bonchev–Trinajstić information content (AvgIpc) is 2.47. The number of sulfonamides is 1. The van der Waals surface area contributed by atoms with Crippen molar-refractivity contribution in [3.63, 3.8) is 0 Å². The molecule has 2 aromatic rings. The van der Waals surface area contributed by atoms with Gasteiger partial charge < -0.3 is 10.1 Å². The number of benzene rings is 1. The van der Waals surface area contributed by atoms with Gasteiger partial charge >= 0.3 is 5.82 Å². The van der Waals surface area contributed by atoms with E-state index in [-0.39, 0.29) is 16.1 Å². The third kappa shape index (κ3) is 3.13. The van der Waals surface area contributed by atoms with Crippen LogP contribution >= 0.6 is 0 Å². The van der Waals surface area contributed by atoms with E-state index >= 15 is 0 Å². The second kappa shape index (κ2) is 5.56. The van der Waals surface area contributed by atoms with Gasteiger partial charge in [-0.1, -0.05) is 12.1 Å². The molecule has 1 N–H and O–H groups in total. The summed E-state index contributed by atoms with van der Waals surface area (Å²) in [6, 6.07) is 10.0. The smallest absolute Gasteiger partial charge is 0.358 e. The summed E-state index contributed by atoms with van der Waals surface area (Å²) in [6.07, 6.45) is 0.884. The molecule has 1 aromatic carbocycles. The minimum atomic E-state index is -3.97. The second-order valence-corrected chi connectivity index (χ2v) is 5.55. The first-order chi connectivity index (χ1) is 9.94. The van der Waals surface area contributed by atoms with Gasteiger partial charge in [0.25, 0.3) is 10.0 Å². The number of pyridine rings is 1. The number of hydrogen-bond acceptors (Lipinski definition) is 6. The van der Waals surface area contributed by atoms with Crippen molar-refractivity contribution in [3.8, 4) is 6.07 Å². The SMILES string of the molecule is N#Cc1ccccc1NS(=O)(=O)c1ccc([N+](=O)[O-])nc1. The summed E-state index contributed by atoms with van der Waals surface area (Å²) in [7, 11) is -3.97. The number of nitro groups is 1. The predicted molar refractivity (Wildman–Crippen MR) is 72.9 cm³/mol. The lowest BCUT2D eigenvalue weighted by atomic mass is 10.2. The Hall–Kier alpha value is -2.99. The first-order valence-corrected chi connectivity index (χ1v) is 7.05. The zero-order valence-corrected chi connectivity index (χ0v) is 11.2. The van der Waals surface area contributed by atoms with Gasteiger partial charge in [0, 0.05) is 6.07 Å². The Kier molecular flexibility index (Phi) is 3.82. The highest BCUT2D eigenvalue weighted by molar-refractivity contribution is 7.92. The van der Waals surface area contributed by atoms with Crippen LogP contribution in [0.15, 0.2) is 47.5 Å². The topological polar surface area (TPSA) is 126 Å². The van der Waals surface area contributed by atoms with E-state index in [0.29, 0.717) is 0 Å². The highest BCUT2D eigenvalue weighted by atomic mass is 32.2. The van der Waals surface area contributed by atoms with Crippen LogP contribution in [0.25, 0.3) is 0 Å². The molecule has 0 aliphatic heterocycles. The molecule has 0 aliphatic carbocycles. The minimum Gasteiger partial charge on any atom is -0.358 e. The monoisotopic (exact) mass is 304 g/mol. The zero-order chi connectivity index (χ0) is 15.5. The molecule has 0 bridgehead atoms. The third-order valence-electron chi connectivity index (χ3n) is 2.51. The Morgan fingerprint density at radius 2 is 1.95 bits per heavy atom. The Labute approximate surface area is 119 Å². The van der Waals surface area contributed by atoms with Gasteiger partial charge in [0.15, 0.2) is 6.20 Å². The fourth-order valence-electron chi connectivity index (χ4n) is 1.51. The number of nitrogens with zero attached hydrogens (tertiary/aromatic N) is 3. The van der Waals surface area contributed by atoms with Crippen LogP contribution in [-0.4, -0.2) is 18.3 Å². The average molecular weight is 304 g/mol. The third-order valence-corrected chi connectivity index (χ3v) is 3.86. The molecule has 0 saturated heterocycles. The van der Waals surface area contributed by atoms with Crippen molar-refractivity contribution < 1.29 is 13.3 Å². The number of hydrogen-bond donors (Lipinski definition) is 1. The molecule has 0 saturated carbocycles. The maximum absolute atomic E-state index is 12.1. The maximum Gasteiger partial charge on any atom is 0.363 e. The number of nitriles is 1. The van der Waals surface area contributed by atoms with Crippen LogP contribution in [0.4, 0.5) is 11.5 Å². The summed E-state index contributed by atoms with van der Waals surface area (Å²) < 4.78 is 26.5. The van der Waals surface area contributed by atoms with Crippen molar-refractivity contribution in [2.75, 3.05) is 4.72 Å². The van der Waals surface area contributed by atoms with E-state index < -0.39 is 20.8 Å². The molecule has 1 aromatic heterocycles. The molecule has 0 aliphatic rings.